The molecule has 0 saturated carbocycles. The van der Waals surface area contributed by atoms with Crippen molar-refractivity contribution < 1.29 is 19.4 Å². The van der Waals surface area contributed by atoms with E-state index < -0.39 is 35.7 Å². The van der Waals surface area contributed by atoms with Gasteiger partial charge in [0.2, 0.25) is 0 Å². The lowest BCUT2D eigenvalue weighted by atomic mass is 10.2. The summed E-state index contributed by atoms with van der Waals surface area (Å²) in [5, 5.41) is 9.88. The van der Waals surface area contributed by atoms with Crippen LogP contribution in [0.15, 0.2) is 15.8 Å². The Kier molecular flexibility index (Phi) is 4.81. The minimum absolute atomic E-state index is 0.147. The number of carbonyl (C=O) groups excluding carboxylic acids is 1. The highest BCUT2D eigenvalue weighted by atomic mass is 35.5. The van der Waals surface area contributed by atoms with Crippen LogP contribution < -0.4 is 11.2 Å². The van der Waals surface area contributed by atoms with E-state index >= 15 is 0 Å². The van der Waals surface area contributed by atoms with Gasteiger partial charge in [-0.05, 0) is 6.92 Å². The molecule has 21 heavy (non-hydrogen) atoms. The number of hydrogen-bond donors (Lipinski definition) is 2. The number of carbonyl (C=O) groups is 1. The number of aliphatic hydroxyl groups is 1. The van der Waals surface area contributed by atoms with Crippen molar-refractivity contribution in [3.63, 3.8) is 0 Å². The fourth-order valence-corrected chi connectivity index (χ4v) is 2.13. The predicted molar refractivity (Wildman–Crippen MR) is 72.3 cm³/mol. The van der Waals surface area contributed by atoms with Crippen LogP contribution >= 0.6 is 11.6 Å². The Labute approximate surface area is 124 Å². The van der Waals surface area contributed by atoms with Gasteiger partial charge in [-0.25, -0.2) is 4.79 Å². The molecule has 116 valence electrons. The molecule has 0 spiro atoms. The van der Waals surface area contributed by atoms with E-state index in [0.717, 1.165) is 0 Å². The molecular formula is C12H15ClN2O6. The lowest BCUT2D eigenvalue weighted by Gasteiger charge is -2.16. The number of ether oxygens (including phenoxy) is 2. The normalized spacial score (nSPS) is 25.0. The van der Waals surface area contributed by atoms with Crippen LogP contribution in [0.3, 0.4) is 0 Å². The maximum absolute atomic E-state index is 11.7. The third-order valence-electron chi connectivity index (χ3n) is 3.18. The van der Waals surface area contributed by atoms with E-state index in [-0.39, 0.29) is 18.9 Å². The largest absolute Gasteiger partial charge is 0.462 e. The zero-order valence-electron chi connectivity index (χ0n) is 11.2. The standard InChI is InChI=1S/C12H15ClN2O6/c1-6-4-15(12(19)14-11(6)18)9-2-7(16)8(21-9)5-20-10(17)3-13/h4,7-9,16H,2-3,5H2,1H3,(H,14,18,19)/t7-,8+,9+/m0/s1. The van der Waals surface area contributed by atoms with Gasteiger partial charge in [-0.3, -0.25) is 19.1 Å². The molecule has 0 bridgehead atoms. The smallest absolute Gasteiger partial charge is 0.330 e. The number of aliphatic hydroxyl groups excluding tert-OH is 1. The van der Waals surface area contributed by atoms with Gasteiger partial charge in [0.1, 0.15) is 24.8 Å². The van der Waals surface area contributed by atoms with Crippen molar-refractivity contribution in [2.24, 2.45) is 0 Å². The SMILES string of the molecule is Cc1cn([C@H]2C[C@H](O)[C@@H](COC(=O)CCl)O2)c(=O)[nH]c1=O. The van der Waals surface area contributed by atoms with Gasteiger partial charge >= 0.3 is 11.7 Å². The molecule has 2 rings (SSSR count). The molecular weight excluding hydrogens is 304 g/mol. The molecule has 0 aromatic carbocycles. The molecule has 8 nitrogen and oxygen atoms in total. The minimum Gasteiger partial charge on any atom is -0.462 e. The van der Waals surface area contributed by atoms with E-state index in [1.807, 2.05) is 0 Å². The molecule has 0 unspecified atom stereocenters. The Balaban J connectivity index is 2.10. The number of halogens is 1. The van der Waals surface area contributed by atoms with Gasteiger partial charge in [-0.15, -0.1) is 11.6 Å². The molecule has 1 aliphatic heterocycles. The number of H-pyrrole nitrogens is 1. The van der Waals surface area contributed by atoms with Crippen molar-refractivity contribution in [2.45, 2.75) is 31.8 Å². The van der Waals surface area contributed by atoms with Crippen LogP contribution in [0.1, 0.15) is 18.2 Å². The summed E-state index contributed by atoms with van der Waals surface area (Å²) in [5.41, 5.74) is -0.742. The monoisotopic (exact) mass is 318 g/mol. The minimum atomic E-state index is -0.891. The van der Waals surface area contributed by atoms with E-state index in [2.05, 4.69) is 4.98 Å². The first-order valence-corrected chi connectivity index (χ1v) is 6.83. The lowest BCUT2D eigenvalue weighted by molar-refractivity contribution is -0.147. The zero-order chi connectivity index (χ0) is 15.6. The summed E-state index contributed by atoms with van der Waals surface area (Å²) in [4.78, 5) is 36.2. The van der Waals surface area contributed by atoms with Crippen molar-refractivity contribution >= 4 is 17.6 Å². The highest BCUT2D eigenvalue weighted by molar-refractivity contribution is 6.26. The molecule has 1 aromatic rings. The van der Waals surface area contributed by atoms with Crippen molar-refractivity contribution in [3.8, 4) is 0 Å². The number of esters is 1. The average Bonchev–Trinajstić information content (AvgIpc) is 2.81. The molecule has 9 heteroatoms. The second-order valence-corrected chi connectivity index (χ2v) is 4.99. The summed E-state index contributed by atoms with van der Waals surface area (Å²) in [7, 11) is 0. The highest BCUT2D eigenvalue weighted by Gasteiger charge is 2.36. The van der Waals surface area contributed by atoms with Gasteiger partial charge in [0.15, 0.2) is 0 Å². The molecule has 2 N–H and O–H groups in total. The Morgan fingerprint density at radius 1 is 1.62 bits per heavy atom. The summed E-state index contributed by atoms with van der Waals surface area (Å²) >= 11 is 5.29. The van der Waals surface area contributed by atoms with E-state index in [1.165, 1.54) is 10.8 Å². The quantitative estimate of drug-likeness (QED) is 0.559. The number of alkyl halides is 1. The fraction of sp³-hybridized carbons (Fsp3) is 0.583. The van der Waals surface area contributed by atoms with Gasteiger partial charge in [0.05, 0.1) is 6.10 Å². The molecule has 1 fully saturated rings. The molecule has 1 saturated heterocycles. The van der Waals surface area contributed by atoms with Crippen LogP contribution in [0.2, 0.25) is 0 Å². The van der Waals surface area contributed by atoms with E-state index in [0.29, 0.717) is 5.56 Å². The Morgan fingerprint density at radius 2 is 2.33 bits per heavy atom. The summed E-state index contributed by atoms with van der Waals surface area (Å²) in [5.74, 6) is -0.905. The van der Waals surface area contributed by atoms with Crippen LogP contribution in [0, 0.1) is 6.92 Å². The second-order valence-electron chi connectivity index (χ2n) is 4.73. The molecule has 0 aliphatic carbocycles. The number of aryl methyl sites for hydroxylation is 1. The Bertz CT molecular complexity index is 639. The zero-order valence-corrected chi connectivity index (χ0v) is 12.0. The van der Waals surface area contributed by atoms with E-state index in [9.17, 15) is 19.5 Å². The van der Waals surface area contributed by atoms with Crippen molar-refractivity contribution in [2.75, 3.05) is 12.5 Å². The summed E-state index contributed by atoms with van der Waals surface area (Å²) in [6.45, 7) is 1.40. The average molecular weight is 319 g/mol. The first-order valence-electron chi connectivity index (χ1n) is 6.29. The van der Waals surface area contributed by atoms with Crippen LogP contribution in [-0.4, -0.2) is 45.3 Å². The van der Waals surface area contributed by atoms with Gasteiger partial charge in [-0.1, -0.05) is 0 Å². The summed E-state index contributed by atoms with van der Waals surface area (Å²) in [6.07, 6.45) is -0.860. The second kappa shape index (κ2) is 6.42. The predicted octanol–water partition coefficient (Wildman–Crippen LogP) is -0.725. The maximum Gasteiger partial charge on any atom is 0.330 e. The van der Waals surface area contributed by atoms with Crippen molar-refractivity contribution in [1.82, 2.24) is 9.55 Å². The number of rotatable bonds is 4. The van der Waals surface area contributed by atoms with Crippen LogP contribution in [0.4, 0.5) is 0 Å². The topological polar surface area (TPSA) is 111 Å². The van der Waals surface area contributed by atoms with Gasteiger partial charge in [0, 0.05) is 18.2 Å². The Hall–Kier alpha value is -1.64. The number of nitrogens with zero attached hydrogens (tertiary/aromatic N) is 1. The molecule has 1 aliphatic rings. The highest BCUT2D eigenvalue weighted by Crippen LogP contribution is 2.27. The molecule has 0 amide bonds. The number of nitrogens with one attached hydrogen (secondary N) is 1. The number of hydrogen-bond acceptors (Lipinski definition) is 6. The van der Waals surface area contributed by atoms with Gasteiger partial charge in [-0.2, -0.15) is 0 Å². The van der Waals surface area contributed by atoms with E-state index in [1.54, 1.807) is 6.92 Å². The van der Waals surface area contributed by atoms with Crippen LogP contribution in [-0.2, 0) is 14.3 Å². The lowest BCUT2D eigenvalue weighted by Crippen LogP contribution is -2.33. The molecule has 2 heterocycles. The van der Waals surface area contributed by atoms with E-state index in [4.69, 9.17) is 21.1 Å². The maximum atomic E-state index is 11.7. The fourth-order valence-electron chi connectivity index (χ4n) is 2.05. The third kappa shape index (κ3) is 3.52. The molecule has 3 atom stereocenters. The summed E-state index contributed by atoms with van der Waals surface area (Å²) < 4.78 is 11.5. The number of aromatic amines is 1. The van der Waals surface area contributed by atoms with Crippen molar-refractivity contribution in [3.05, 3.63) is 32.6 Å². The molecule has 1 aromatic heterocycles. The van der Waals surface area contributed by atoms with Crippen LogP contribution in [0.25, 0.3) is 0 Å². The number of aromatic nitrogens is 2. The molecule has 0 radical (unpaired) electrons. The third-order valence-corrected chi connectivity index (χ3v) is 3.40. The first-order chi connectivity index (χ1) is 9.92. The van der Waals surface area contributed by atoms with Gasteiger partial charge < -0.3 is 14.6 Å². The Morgan fingerprint density at radius 3 is 3.00 bits per heavy atom. The van der Waals surface area contributed by atoms with Gasteiger partial charge in [0.25, 0.3) is 5.56 Å². The van der Waals surface area contributed by atoms with Crippen molar-refractivity contribution in [1.29, 1.82) is 0 Å². The first kappa shape index (κ1) is 15.7. The summed E-state index contributed by atoms with van der Waals surface area (Å²) in [6, 6.07) is 0. The van der Waals surface area contributed by atoms with Crippen LogP contribution in [0.5, 0.6) is 0 Å².